The molecule has 0 aromatic heterocycles. The van der Waals surface area contributed by atoms with Crippen molar-refractivity contribution in [2.75, 3.05) is 5.32 Å². The number of rotatable bonds is 1. The zero-order valence-electron chi connectivity index (χ0n) is 7.73. The summed E-state index contributed by atoms with van der Waals surface area (Å²) >= 11 is 0. The lowest BCUT2D eigenvalue weighted by atomic mass is 9.96. The number of ketones is 1. The Morgan fingerprint density at radius 2 is 2.20 bits per heavy atom. The first-order valence-electron chi connectivity index (χ1n) is 4.44. The third-order valence-corrected chi connectivity index (χ3v) is 2.35. The SMILES string of the molecule is O=C1C[C@@H](C(=O)O)Nc2c(O)cccc21. The van der Waals surface area contributed by atoms with Gasteiger partial charge in [0.05, 0.1) is 5.69 Å². The van der Waals surface area contributed by atoms with E-state index in [2.05, 4.69) is 5.32 Å². The van der Waals surface area contributed by atoms with Gasteiger partial charge in [0, 0.05) is 12.0 Å². The predicted octanol–water partition coefficient (Wildman–Crippen LogP) is 0.844. The summed E-state index contributed by atoms with van der Waals surface area (Å²) < 4.78 is 0. The van der Waals surface area contributed by atoms with E-state index >= 15 is 0 Å². The second-order valence-electron chi connectivity index (χ2n) is 3.36. The molecule has 1 aromatic carbocycles. The molecule has 15 heavy (non-hydrogen) atoms. The fourth-order valence-electron chi connectivity index (χ4n) is 1.59. The van der Waals surface area contributed by atoms with Gasteiger partial charge in [-0.2, -0.15) is 0 Å². The average Bonchev–Trinajstić information content (AvgIpc) is 2.19. The van der Waals surface area contributed by atoms with Gasteiger partial charge in [0.15, 0.2) is 5.78 Å². The van der Waals surface area contributed by atoms with Crippen LogP contribution in [-0.4, -0.2) is 28.0 Å². The molecule has 2 rings (SSSR count). The van der Waals surface area contributed by atoms with E-state index in [1.165, 1.54) is 6.07 Å². The van der Waals surface area contributed by atoms with E-state index in [-0.39, 0.29) is 23.6 Å². The number of Topliss-reactive ketones (excluding diaryl/α,β-unsaturated/α-hetero) is 1. The van der Waals surface area contributed by atoms with Crippen LogP contribution in [-0.2, 0) is 4.79 Å². The first kappa shape index (κ1) is 9.51. The van der Waals surface area contributed by atoms with Gasteiger partial charge >= 0.3 is 5.97 Å². The molecule has 0 radical (unpaired) electrons. The summed E-state index contributed by atoms with van der Waals surface area (Å²) in [6.45, 7) is 0. The zero-order chi connectivity index (χ0) is 11.0. The molecule has 1 aromatic rings. The minimum atomic E-state index is -1.10. The van der Waals surface area contributed by atoms with Crippen LogP contribution >= 0.6 is 0 Å². The number of carboxylic acids is 1. The molecular weight excluding hydrogens is 198 g/mol. The smallest absolute Gasteiger partial charge is 0.326 e. The van der Waals surface area contributed by atoms with Gasteiger partial charge in [-0.15, -0.1) is 0 Å². The van der Waals surface area contributed by atoms with E-state index in [4.69, 9.17) is 5.11 Å². The minimum Gasteiger partial charge on any atom is -0.506 e. The number of carboxylic acid groups (broad SMARTS) is 1. The Morgan fingerprint density at radius 3 is 2.87 bits per heavy atom. The van der Waals surface area contributed by atoms with Crippen LogP contribution in [0.4, 0.5) is 5.69 Å². The number of carbonyl (C=O) groups excluding carboxylic acids is 1. The van der Waals surface area contributed by atoms with Crippen LogP contribution in [0.3, 0.4) is 0 Å². The molecule has 0 saturated heterocycles. The molecule has 1 aliphatic heterocycles. The highest BCUT2D eigenvalue weighted by Crippen LogP contribution is 2.32. The van der Waals surface area contributed by atoms with E-state index < -0.39 is 12.0 Å². The summed E-state index contributed by atoms with van der Waals surface area (Å²) in [5.74, 6) is -1.48. The van der Waals surface area contributed by atoms with E-state index in [1.54, 1.807) is 12.1 Å². The molecular formula is C10H9NO4. The van der Waals surface area contributed by atoms with Gasteiger partial charge < -0.3 is 15.5 Å². The Morgan fingerprint density at radius 1 is 1.47 bits per heavy atom. The zero-order valence-corrected chi connectivity index (χ0v) is 7.73. The monoisotopic (exact) mass is 207 g/mol. The molecule has 3 N–H and O–H groups in total. The molecule has 5 nitrogen and oxygen atoms in total. The number of fused-ring (bicyclic) bond motifs is 1. The first-order chi connectivity index (χ1) is 7.09. The number of para-hydroxylation sites is 1. The Labute approximate surface area is 85.3 Å². The number of nitrogens with one attached hydrogen (secondary N) is 1. The van der Waals surface area contributed by atoms with Crippen LogP contribution in [0.25, 0.3) is 0 Å². The third-order valence-electron chi connectivity index (χ3n) is 2.35. The van der Waals surface area contributed by atoms with Crippen molar-refractivity contribution in [3.05, 3.63) is 23.8 Å². The van der Waals surface area contributed by atoms with Gasteiger partial charge in [-0.1, -0.05) is 6.07 Å². The number of aliphatic carboxylic acids is 1. The van der Waals surface area contributed by atoms with Crippen LogP contribution in [0, 0.1) is 0 Å². The second kappa shape index (κ2) is 3.27. The summed E-state index contributed by atoms with van der Waals surface area (Å²) in [5.41, 5.74) is 0.550. The fraction of sp³-hybridized carbons (Fsp3) is 0.200. The average molecular weight is 207 g/mol. The Balaban J connectivity index is 2.46. The molecule has 0 spiro atoms. The highest BCUT2D eigenvalue weighted by molar-refractivity contribution is 6.07. The maximum Gasteiger partial charge on any atom is 0.326 e. The summed E-state index contributed by atoms with van der Waals surface area (Å²) in [6, 6.07) is 3.55. The number of carbonyl (C=O) groups is 2. The Bertz CT molecular complexity index is 441. The van der Waals surface area contributed by atoms with Crippen molar-refractivity contribution in [2.45, 2.75) is 12.5 Å². The highest BCUT2D eigenvalue weighted by atomic mass is 16.4. The molecule has 0 saturated carbocycles. The number of benzene rings is 1. The van der Waals surface area contributed by atoms with Crippen molar-refractivity contribution < 1.29 is 19.8 Å². The van der Waals surface area contributed by atoms with E-state index in [1.807, 2.05) is 0 Å². The van der Waals surface area contributed by atoms with Gasteiger partial charge in [0.25, 0.3) is 0 Å². The van der Waals surface area contributed by atoms with Crippen LogP contribution in [0.15, 0.2) is 18.2 Å². The van der Waals surface area contributed by atoms with Gasteiger partial charge in [-0.05, 0) is 12.1 Å². The largest absolute Gasteiger partial charge is 0.506 e. The molecule has 0 amide bonds. The summed E-state index contributed by atoms with van der Waals surface area (Å²) in [7, 11) is 0. The van der Waals surface area contributed by atoms with E-state index in [9.17, 15) is 14.7 Å². The molecule has 1 aliphatic rings. The molecule has 0 bridgehead atoms. The molecule has 1 atom stereocenters. The third kappa shape index (κ3) is 1.52. The first-order valence-corrected chi connectivity index (χ1v) is 4.44. The van der Waals surface area contributed by atoms with Crippen molar-refractivity contribution in [1.29, 1.82) is 0 Å². The number of hydrogen-bond donors (Lipinski definition) is 3. The van der Waals surface area contributed by atoms with Crippen LogP contribution in [0.1, 0.15) is 16.8 Å². The lowest BCUT2D eigenvalue weighted by Gasteiger charge is -2.23. The van der Waals surface area contributed by atoms with Crippen molar-refractivity contribution in [3.8, 4) is 5.75 Å². The predicted molar refractivity (Wildman–Crippen MR) is 52.1 cm³/mol. The number of hydrogen-bond acceptors (Lipinski definition) is 4. The molecule has 78 valence electrons. The molecule has 0 aliphatic carbocycles. The Kier molecular flexibility index (Phi) is 2.07. The van der Waals surface area contributed by atoms with Gasteiger partial charge in [-0.25, -0.2) is 4.79 Å². The van der Waals surface area contributed by atoms with Gasteiger partial charge in [-0.3, -0.25) is 4.79 Å². The summed E-state index contributed by atoms with van der Waals surface area (Å²) in [5, 5.41) is 20.9. The lowest BCUT2D eigenvalue weighted by Crippen LogP contribution is -2.36. The van der Waals surface area contributed by atoms with Crippen molar-refractivity contribution in [1.82, 2.24) is 0 Å². The van der Waals surface area contributed by atoms with Crippen LogP contribution in [0.2, 0.25) is 0 Å². The van der Waals surface area contributed by atoms with Crippen molar-refractivity contribution >= 4 is 17.4 Å². The minimum absolute atomic E-state index is 0.0915. The second-order valence-corrected chi connectivity index (χ2v) is 3.36. The molecule has 1 heterocycles. The van der Waals surface area contributed by atoms with Gasteiger partial charge in [0.1, 0.15) is 11.8 Å². The molecule has 0 unspecified atom stereocenters. The normalized spacial score (nSPS) is 19.2. The maximum atomic E-state index is 11.5. The van der Waals surface area contributed by atoms with Crippen molar-refractivity contribution in [2.24, 2.45) is 0 Å². The number of phenols is 1. The number of aromatic hydroxyl groups is 1. The molecule has 5 heteroatoms. The summed E-state index contributed by atoms with van der Waals surface area (Å²) in [6.07, 6.45) is -0.0915. The highest BCUT2D eigenvalue weighted by Gasteiger charge is 2.30. The number of anilines is 1. The van der Waals surface area contributed by atoms with Gasteiger partial charge in [0.2, 0.25) is 0 Å². The Hall–Kier alpha value is -2.04. The lowest BCUT2D eigenvalue weighted by molar-refractivity contribution is -0.137. The number of phenolic OH excluding ortho intramolecular Hbond substituents is 1. The quantitative estimate of drug-likeness (QED) is 0.594. The maximum absolute atomic E-state index is 11.5. The van der Waals surface area contributed by atoms with Crippen LogP contribution in [0.5, 0.6) is 5.75 Å². The topological polar surface area (TPSA) is 86.6 Å². The van der Waals surface area contributed by atoms with E-state index in [0.29, 0.717) is 5.56 Å². The van der Waals surface area contributed by atoms with Crippen molar-refractivity contribution in [3.63, 3.8) is 0 Å². The summed E-state index contributed by atoms with van der Waals surface area (Å²) in [4.78, 5) is 22.3. The van der Waals surface area contributed by atoms with E-state index in [0.717, 1.165) is 0 Å². The fourth-order valence-corrected chi connectivity index (χ4v) is 1.59. The van der Waals surface area contributed by atoms with Crippen LogP contribution < -0.4 is 5.32 Å². The standard InChI is InChI=1S/C10H9NO4/c12-7-3-1-2-5-8(13)4-6(10(14)15)11-9(5)7/h1-3,6,11-12H,4H2,(H,14,15)/t6-/m0/s1. The molecule has 0 fully saturated rings.